The number of fused-ring (bicyclic) bond motifs is 4. The van der Waals surface area contributed by atoms with Gasteiger partial charge in [0.25, 0.3) is 0 Å². The minimum absolute atomic E-state index is 0.397. The van der Waals surface area contributed by atoms with Crippen LogP contribution in [0.15, 0.2) is 60.7 Å². The van der Waals surface area contributed by atoms with Gasteiger partial charge >= 0.3 is 0 Å². The summed E-state index contributed by atoms with van der Waals surface area (Å²) in [6, 6.07) is 23.1. The first-order chi connectivity index (χ1) is 14.4. The first-order valence-corrected chi connectivity index (χ1v) is 10.8. The van der Waals surface area contributed by atoms with Crippen LogP contribution in [0, 0.1) is 20.8 Å². The Morgan fingerprint density at radius 3 is 2.30 bits per heavy atom. The number of aromatic nitrogens is 2. The Kier molecular flexibility index (Phi) is 4.21. The van der Waals surface area contributed by atoms with Crippen molar-refractivity contribution in [3.05, 3.63) is 77.5 Å². The molecule has 2 heteroatoms. The van der Waals surface area contributed by atoms with Gasteiger partial charge in [0.15, 0.2) is 5.69 Å². The van der Waals surface area contributed by atoms with Gasteiger partial charge in [-0.15, -0.1) is 0 Å². The molecule has 0 spiro atoms. The van der Waals surface area contributed by atoms with Crippen molar-refractivity contribution in [1.82, 2.24) is 4.57 Å². The van der Waals surface area contributed by atoms with E-state index in [4.69, 9.17) is 0 Å². The highest BCUT2D eigenvalue weighted by atomic mass is 15.0. The molecule has 0 aliphatic rings. The monoisotopic (exact) mass is 393 g/mol. The van der Waals surface area contributed by atoms with E-state index >= 15 is 0 Å². The first kappa shape index (κ1) is 18.9. The van der Waals surface area contributed by atoms with Gasteiger partial charge in [0.2, 0.25) is 5.69 Å². The van der Waals surface area contributed by atoms with E-state index in [-0.39, 0.29) is 0 Å². The Balaban J connectivity index is 1.94. The molecule has 0 bridgehead atoms. The standard InChI is InChI=1S/C28H29N2/c1-17(2)30-26-10-8-7-9-23(26)25-14-19(4)24(16-27(25)30)28-22-12-11-18(3)13-21(22)15-20(5)29(28)6/h7-17H,1-6H3/q+1. The average Bonchev–Trinajstić information content (AvgIpc) is 3.02. The van der Waals surface area contributed by atoms with Gasteiger partial charge in [-0.1, -0.05) is 35.9 Å². The summed E-state index contributed by atoms with van der Waals surface area (Å²) in [4.78, 5) is 0. The van der Waals surface area contributed by atoms with Crippen molar-refractivity contribution in [2.24, 2.45) is 7.05 Å². The van der Waals surface area contributed by atoms with E-state index in [1.807, 2.05) is 0 Å². The molecule has 0 aliphatic carbocycles. The van der Waals surface area contributed by atoms with Gasteiger partial charge in [0.05, 0.1) is 16.5 Å². The van der Waals surface area contributed by atoms with Gasteiger partial charge in [-0.05, 0) is 62.9 Å². The average molecular weight is 394 g/mol. The molecule has 2 nitrogen and oxygen atoms in total. The Morgan fingerprint density at radius 2 is 1.53 bits per heavy atom. The smallest absolute Gasteiger partial charge is 0.220 e. The molecule has 30 heavy (non-hydrogen) atoms. The van der Waals surface area contributed by atoms with Gasteiger partial charge in [0.1, 0.15) is 7.05 Å². The molecule has 0 saturated heterocycles. The van der Waals surface area contributed by atoms with Gasteiger partial charge < -0.3 is 4.57 Å². The summed E-state index contributed by atoms with van der Waals surface area (Å²) in [5.74, 6) is 0. The van der Waals surface area contributed by atoms with Crippen LogP contribution in [0.4, 0.5) is 0 Å². The van der Waals surface area contributed by atoms with E-state index in [0.29, 0.717) is 6.04 Å². The fourth-order valence-corrected chi connectivity index (χ4v) is 4.99. The number of hydrogen-bond donors (Lipinski definition) is 0. The molecule has 150 valence electrons. The van der Waals surface area contributed by atoms with Crippen LogP contribution in [0.1, 0.15) is 36.7 Å². The van der Waals surface area contributed by atoms with Crippen LogP contribution in [0.2, 0.25) is 0 Å². The molecule has 2 aromatic heterocycles. The fraction of sp³-hybridized carbons (Fsp3) is 0.250. The van der Waals surface area contributed by atoms with Crippen molar-refractivity contribution in [1.29, 1.82) is 0 Å². The van der Waals surface area contributed by atoms with E-state index in [0.717, 1.165) is 0 Å². The lowest BCUT2D eigenvalue weighted by Gasteiger charge is -2.14. The van der Waals surface area contributed by atoms with Crippen molar-refractivity contribution in [2.75, 3.05) is 0 Å². The molecule has 0 radical (unpaired) electrons. The molecule has 0 unspecified atom stereocenters. The fourth-order valence-electron chi connectivity index (χ4n) is 4.99. The normalized spacial score (nSPS) is 12.0. The molecule has 0 saturated carbocycles. The zero-order valence-electron chi connectivity index (χ0n) is 18.7. The maximum atomic E-state index is 2.48. The minimum Gasteiger partial charge on any atom is -0.338 e. The number of pyridine rings is 1. The van der Waals surface area contributed by atoms with Crippen molar-refractivity contribution >= 4 is 32.6 Å². The molecular weight excluding hydrogens is 364 g/mol. The van der Waals surface area contributed by atoms with E-state index in [1.54, 1.807) is 0 Å². The van der Waals surface area contributed by atoms with Crippen molar-refractivity contribution < 1.29 is 4.57 Å². The van der Waals surface area contributed by atoms with E-state index in [9.17, 15) is 0 Å². The Morgan fingerprint density at radius 1 is 0.767 bits per heavy atom. The van der Waals surface area contributed by atoms with Crippen LogP contribution in [0.25, 0.3) is 43.8 Å². The van der Waals surface area contributed by atoms with Crippen molar-refractivity contribution in [3.63, 3.8) is 0 Å². The number of para-hydroxylation sites is 1. The molecule has 3 aromatic carbocycles. The van der Waals surface area contributed by atoms with E-state index < -0.39 is 0 Å². The number of aryl methyl sites for hydroxylation is 3. The number of hydrogen-bond acceptors (Lipinski definition) is 0. The number of rotatable bonds is 2. The van der Waals surface area contributed by atoms with Gasteiger partial charge in [-0.2, -0.15) is 4.57 Å². The largest absolute Gasteiger partial charge is 0.338 e. The summed E-state index contributed by atoms with van der Waals surface area (Å²) in [7, 11) is 2.19. The first-order valence-electron chi connectivity index (χ1n) is 10.8. The molecule has 0 N–H and O–H groups in total. The molecule has 5 aromatic rings. The van der Waals surface area contributed by atoms with Crippen molar-refractivity contribution in [2.45, 2.75) is 40.7 Å². The van der Waals surface area contributed by atoms with E-state index in [1.165, 1.54) is 60.7 Å². The summed E-state index contributed by atoms with van der Waals surface area (Å²) in [6.45, 7) is 11.2. The predicted octanol–water partition coefficient (Wildman–Crippen LogP) is 6.95. The Hall–Kier alpha value is -3.13. The quantitative estimate of drug-likeness (QED) is 0.287. The Labute approximate surface area is 178 Å². The maximum absolute atomic E-state index is 2.48. The predicted molar refractivity (Wildman–Crippen MR) is 128 cm³/mol. The van der Waals surface area contributed by atoms with Crippen LogP contribution >= 0.6 is 0 Å². The number of benzene rings is 3. The van der Waals surface area contributed by atoms with Gasteiger partial charge in [-0.25, -0.2) is 0 Å². The van der Waals surface area contributed by atoms with Crippen molar-refractivity contribution in [3.8, 4) is 11.3 Å². The summed E-state index contributed by atoms with van der Waals surface area (Å²) in [5, 5.41) is 5.30. The third kappa shape index (κ3) is 2.67. The van der Waals surface area contributed by atoms with Gasteiger partial charge in [0, 0.05) is 35.3 Å². The van der Waals surface area contributed by atoms with Crippen LogP contribution < -0.4 is 4.57 Å². The summed E-state index contributed by atoms with van der Waals surface area (Å²) >= 11 is 0. The molecule has 2 heterocycles. The molecule has 0 amide bonds. The second-order valence-corrected chi connectivity index (χ2v) is 8.95. The molecule has 0 fully saturated rings. The lowest BCUT2D eigenvalue weighted by Crippen LogP contribution is -2.35. The zero-order valence-corrected chi connectivity index (χ0v) is 18.7. The SMILES string of the molecule is Cc1ccc2c(-c3cc4c(cc3C)c3ccccc3n4C(C)C)[n+](C)c(C)cc2c1. The van der Waals surface area contributed by atoms with Crippen LogP contribution in [-0.4, -0.2) is 4.57 Å². The van der Waals surface area contributed by atoms with Crippen LogP contribution in [0.3, 0.4) is 0 Å². The minimum atomic E-state index is 0.397. The molecule has 0 atom stereocenters. The highest BCUT2D eigenvalue weighted by Gasteiger charge is 2.22. The highest BCUT2D eigenvalue weighted by Crippen LogP contribution is 2.37. The van der Waals surface area contributed by atoms with E-state index in [2.05, 4.69) is 111 Å². The summed E-state index contributed by atoms with van der Waals surface area (Å²) < 4.78 is 4.82. The Bertz CT molecular complexity index is 1450. The second kappa shape index (κ2) is 6.70. The highest BCUT2D eigenvalue weighted by molar-refractivity contribution is 6.10. The number of nitrogens with zero attached hydrogens (tertiary/aromatic N) is 2. The van der Waals surface area contributed by atoms with Crippen LogP contribution in [0.5, 0.6) is 0 Å². The summed E-state index contributed by atoms with van der Waals surface area (Å²) in [6.07, 6.45) is 0. The molecular formula is C28H29N2+. The van der Waals surface area contributed by atoms with Gasteiger partial charge in [-0.3, -0.25) is 0 Å². The topological polar surface area (TPSA) is 8.81 Å². The zero-order chi connectivity index (χ0) is 21.2. The molecule has 0 aliphatic heterocycles. The third-order valence-electron chi connectivity index (χ3n) is 6.52. The maximum Gasteiger partial charge on any atom is 0.220 e. The second-order valence-electron chi connectivity index (χ2n) is 8.95. The van der Waals surface area contributed by atoms with Crippen LogP contribution in [-0.2, 0) is 7.05 Å². The lowest BCUT2D eigenvalue weighted by atomic mass is 9.96. The molecule has 5 rings (SSSR count). The lowest BCUT2D eigenvalue weighted by molar-refractivity contribution is -0.665. The summed E-state index contributed by atoms with van der Waals surface area (Å²) in [5.41, 5.74) is 9.12. The third-order valence-corrected chi connectivity index (χ3v) is 6.52.